The predicted molar refractivity (Wildman–Crippen MR) is 117 cm³/mol. The van der Waals surface area contributed by atoms with Crippen molar-refractivity contribution < 1.29 is 13.8 Å². The Morgan fingerprint density at radius 2 is 1.86 bits per heavy atom. The summed E-state index contributed by atoms with van der Waals surface area (Å²) in [6.45, 7) is 1.88. The van der Waals surface area contributed by atoms with Crippen LogP contribution in [0.3, 0.4) is 0 Å². The second kappa shape index (κ2) is 8.26. The van der Waals surface area contributed by atoms with E-state index >= 15 is 0 Å². The van der Waals surface area contributed by atoms with Gasteiger partial charge in [0.2, 0.25) is 0 Å². The van der Waals surface area contributed by atoms with Gasteiger partial charge in [0.1, 0.15) is 0 Å². The van der Waals surface area contributed by atoms with Crippen LogP contribution < -0.4 is 5.32 Å². The van der Waals surface area contributed by atoms with E-state index in [1.807, 2.05) is 19.1 Å². The lowest BCUT2D eigenvalue weighted by Crippen LogP contribution is -2.50. The van der Waals surface area contributed by atoms with Gasteiger partial charge in [-0.2, -0.15) is 0 Å². The molecule has 2 heterocycles. The van der Waals surface area contributed by atoms with Crippen molar-refractivity contribution in [3.05, 3.63) is 67.7 Å². The van der Waals surface area contributed by atoms with Crippen molar-refractivity contribution in [2.45, 2.75) is 25.5 Å². The van der Waals surface area contributed by atoms with Gasteiger partial charge in [0.25, 0.3) is 5.91 Å². The Morgan fingerprint density at radius 3 is 2.48 bits per heavy atom. The summed E-state index contributed by atoms with van der Waals surface area (Å²) in [6.07, 6.45) is 0.243. The van der Waals surface area contributed by atoms with E-state index < -0.39 is 10.8 Å². The number of carbonyl (C=O) groups excluding carboxylic acids is 1. The molecule has 1 fully saturated rings. The summed E-state index contributed by atoms with van der Waals surface area (Å²) in [6, 6.07) is 9.00. The molecule has 2 aliphatic heterocycles. The van der Waals surface area contributed by atoms with Gasteiger partial charge in [0.15, 0.2) is 6.10 Å². The predicted octanol–water partition coefficient (Wildman–Crippen LogP) is 4.68. The fraction of sp³-hybridized carbons (Fsp3) is 0.300. The minimum absolute atomic E-state index is 0.00574. The smallest absolute Gasteiger partial charge is 0.251 e. The molecule has 0 radical (unpaired) electrons. The minimum atomic E-state index is -0.798. The molecule has 1 N–H and O–H groups in total. The lowest BCUT2D eigenvalue weighted by atomic mass is 9.97. The molecule has 2 aromatic carbocycles. The first-order valence-corrected chi connectivity index (χ1v) is 11.6. The van der Waals surface area contributed by atoms with Crippen molar-refractivity contribution in [1.29, 1.82) is 0 Å². The number of hydrogen-bond donors (Lipinski definition) is 1. The van der Waals surface area contributed by atoms with E-state index in [4.69, 9.17) is 39.6 Å². The first-order chi connectivity index (χ1) is 13.8. The van der Waals surface area contributed by atoms with E-state index in [1.165, 1.54) is 0 Å². The molecule has 0 aliphatic carbocycles. The van der Waals surface area contributed by atoms with Crippen LogP contribution in [0.25, 0.3) is 0 Å². The van der Waals surface area contributed by atoms with Gasteiger partial charge in [-0.3, -0.25) is 9.00 Å². The van der Waals surface area contributed by atoms with E-state index in [-0.39, 0.29) is 18.1 Å². The molecule has 2 aromatic rings. The van der Waals surface area contributed by atoms with Crippen LogP contribution in [0.15, 0.2) is 35.5 Å². The van der Waals surface area contributed by atoms with E-state index in [9.17, 15) is 9.00 Å². The molecule has 1 saturated heterocycles. The molecule has 2 aliphatic rings. The number of benzene rings is 2. The first kappa shape index (κ1) is 20.7. The fourth-order valence-electron chi connectivity index (χ4n) is 3.33. The number of carbonyl (C=O) groups is 1. The van der Waals surface area contributed by atoms with Crippen molar-refractivity contribution >= 4 is 57.2 Å². The normalized spacial score (nSPS) is 23.2. The van der Waals surface area contributed by atoms with Gasteiger partial charge < -0.3 is 10.2 Å². The topological polar surface area (TPSA) is 67.8 Å². The van der Waals surface area contributed by atoms with Crippen molar-refractivity contribution in [3.63, 3.8) is 0 Å². The minimum Gasteiger partial charge on any atom is -0.387 e. The van der Waals surface area contributed by atoms with E-state index in [1.54, 1.807) is 18.2 Å². The number of oxime groups is 1. The lowest BCUT2D eigenvalue weighted by Gasteiger charge is -2.26. The lowest BCUT2D eigenvalue weighted by molar-refractivity contribution is 0.0857. The fourth-order valence-corrected chi connectivity index (χ4v) is 4.91. The SMILES string of the molecule is Cc1cc(C2=NO[C@H](c3cc(Cl)c(Cl)c(Cl)c3)C2)ccc1C(=O)NC1CS(=O)C1. The molecule has 5 nitrogen and oxygen atoms in total. The molecule has 4 rings (SSSR count). The molecule has 0 aromatic heterocycles. The molecule has 1 amide bonds. The third-order valence-corrected chi connectivity index (χ3v) is 7.71. The Balaban J connectivity index is 1.46. The number of nitrogens with zero attached hydrogens (tertiary/aromatic N) is 1. The molecule has 1 atom stereocenters. The average Bonchev–Trinajstić information content (AvgIpc) is 3.14. The summed E-state index contributed by atoms with van der Waals surface area (Å²) in [5, 5.41) is 8.17. The highest BCUT2D eigenvalue weighted by Gasteiger charge is 2.28. The first-order valence-electron chi connectivity index (χ1n) is 8.96. The maximum absolute atomic E-state index is 12.4. The molecule has 0 unspecified atom stereocenters. The van der Waals surface area contributed by atoms with Crippen LogP contribution in [-0.4, -0.2) is 33.4 Å². The van der Waals surface area contributed by atoms with Crippen LogP contribution in [0, 0.1) is 6.92 Å². The molecular weight excluding hydrogens is 455 g/mol. The Hall–Kier alpha value is -1.60. The summed E-state index contributed by atoms with van der Waals surface area (Å²) in [5.74, 6) is 0.901. The van der Waals surface area contributed by atoms with Crippen molar-refractivity contribution in [1.82, 2.24) is 5.32 Å². The van der Waals surface area contributed by atoms with Gasteiger partial charge >= 0.3 is 0 Å². The summed E-state index contributed by atoms with van der Waals surface area (Å²) < 4.78 is 11.2. The number of amides is 1. The maximum atomic E-state index is 12.4. The van der Waals surface area contributed by atoms with Crippen molar-refractivity contribution in [2.75, 3.05) is 11.5 Å². The molecule has 9 heteroatoms. The number of nitrogens with one attached hydrogen (secondary N) is 1. The Morgan fingerprint density at radius 1 is 1.17 bits per heavy atom. The highest BCUT2D eigenvalue weighted by Crippen LogP contribution is 2.37. The number of aryl methyl sites for hydroxylation is 1. The summed E-state index contributed by atoms with van der Waals surface area (Å²) >= 11 is 18.2. The van der Waals surface area contributed by atoms with Crippen LogP contribution in [0.1, 0.15) is 39.6 Å². The largest absolute Gasteiger partial charge is 0.387 e. The third kappa shape index (κ3) is 4.31. The van der Waals surface area contributed by atoms with Gasteiger partial charge in [-0.1, -0.05) is 46.0 Å². The monoisotopic (exact) mass is 470 g/mol. The average molecular weight is 472 g/mol. The van der Waals surface area contributed by atoms with E-state index in [0.29, 0.717) is 38.6 Å². The van der Waals surface area contributed by atoms with Gasteiger partial charge in [-0.25, -0.2) is 0 Å². The van der Waals surface area contributed by atoms with E-state index in [0.717, 1.165) is 22.4 Å². The molecule has 152 valence electrons. The molecule has 0 bridgehead atoms. The molecule has 0 saturated carbocycles. The second-order valence-electron chi connectivity index (χ2n) is 7.11. The molecule has 29 heavy (non-hydrogen) atoms. The van der Waals surface area contributed by atoms with Gasteiger partial charge in [-0.05, 0) is 47.9 Å². The second-order valence-corrected chi connectivity index (χ2v) is 9.85. The van der Waals surface area contributed by atoms with Crippen LogP contribution >= 0.6 is 34.8 Å². The highest BCUT2D eigenvalue weighted by atomic mass is 35.5. The Labute approximate surface area is 185 Å². The number of rotatable bonds is 4. The van der Waals surface area contributed by atoms with Gasteiger partial charge in [-0.15, -0.1) is 0 Å². The van der Waals surface area contributed by atoms with Crippen LogP contribution in [-0.2, 0) is 15.6 Å². The standard InChI is InChI=1S/C20H17Cl3N2O3S/c1-10-4-11(2-3-14(10)20(26)24-13-8-29(27)9-13)17-7-18(28-25-17)12-5-15(21)19(23)16(22)6-12/h2-6,13,18H,7-9H2,1H3,(H,24,26)/t13?,18-,29?/m0/s1. The summed E-state index contributed by atoms with van der Waals surface area (Å²) in [5.41, 5.74) is 3.90. The molecular formula is C20H17Cl3N2O3S. The maximum Gasteiger partial charge on any atom is 0.251 e. The summed E-state index contributed by atoms with van der Waals surface area (Å²) in [7, 11) is -0.798. The van der Waals surface area contributed by atoms with Gasteiger partial charge in [0.05, 0.1) is 26.8 Å². The Bertz CT molecular complexity index is 1030. The third-order valence-electron chi connectivity index (χ3n) is 4.96. The Kier molecular flexibility index (Phi) is 5.89. The van der Waals surface area contributed by atoms with Crippen molar-refractivity contribution in [3.8, 4) is 0 Å². The molecule has 0 spiro atoms. The van der Waals surface area contributed by atoms with E-state index in [2.05, 4.69) is 10.5 Å². The zero-order chi connectivity index (χ0) is 20.7. The number of halogens is 3. The zero-order valence-electron chi connectivity index (χ0n) is 15.4. The summed E-state index contributed by atoms with van der Waals surface area (Å²) in [4.78, 5) is 18.0. The van der Waals surface area contributed by atoms with Crippen LogP contribution in [0.4, 0.5) is 0 Å². The van der Waals surface area contributed by atoms with Crippen LogP contribution in [0.2, 0.25) is 15.1 Å². The van der Waals surface area contributed by atoms with Crippen LogP contribution in [0.5, 0.6) is 0 Å². The highest BCUT2D eigenvalue weighted by molar-refractivity contribution is 7.86. The van der Waals surface area contributed by atoms with Gasteiger partial charge in [0, 0.05) is 34.3 Å². The quantitative estimate of drug-likeness (QED) is 0.658. The zero-order valence-corrected chi connectivity index (χ0v) is 18.5. The van der Waals surface area contributed by atoms with Crippen molar-refractivity contribution in [2.24, 2.45) is 5.16 Å². The number of hydrogen-bond acceptors (Lipinski definition) is 4.